The van der Waals surface area contributed by atoms with Crippen molar-refractivity contribution in [3.63, 3.8) is 0 Å². The maximum atomic E-state index is 12.5. The van der Waals surface area contributed by atoms with Gasteiger partial charge in [-0.3, -0.25) is 4.90 Å². The Labute approximate surface area is 113 Å². The Hall–Kier alpha value is -0.290. The molecule has 2 fully saturated rings. The lowest BCUT2D eigenvalue weighted by Crippen LogP contribution is -2.69. The molecule has 2 unspecified atom stereocenters. The third-order valence-corrected chi connectivity index (χ3v) is 5.06. The van der Waals surface area contributed by atoms with Crippen molar-refractivity contribution in [3.05, 3.63) is 0 Å². The zero-order chi connectivity index (χ0) is 14.3. The summed E-state index contributed by atoms with van der Waals surface area (Å²) in [6, 6.07) is 0. The van der Waals surface area contributed by atoms with Gasteiger partial charge in [-0.15, -0.1) is 0 Å². The van der Waals surface area contributed by atoms with Gasteiger partial charge in [-0.25, -0.2) is 0 Å². The molecule has 19 heavy (non-hydrogen) atoms. The topological polar surface area (TPSA) is 15.3 Å². The van der Waals surface area contributed by atoms with E-state index < -0.39 is 12.6 Å². The van der Waals surface area contributed by atoms with Crippen LogP contribution in [0.2, 0.25) is 0 Å². The zero-order valence-corrected chi connectivity index (χ0v) is 12.1. The summed E-state index contributed by atoms with van der Waals surface area (Å²) >= 11 is 0. The molecule has 1 heterocycles. The number of piperazine rings is 1. The van der Waals surface area contributed by atoms with E-state index in [0.717, 1.165) is 19.5 Å². The van der Waals surface area contributed by atoms with Crippen LogP contribution in [0.4, 0.5) is 13.2 Å². The molecule has 1 aliphatic carbocycles. The minimum atomic E-state index is -4.06. The molecule has 0 aromatic heterocycles. The highest BCUT2D eigenvalue weighted by Crippen LogP contribution is 2.43. The van der Waals surface area contributed by atoms with Crippen LogP contribution in [0, 0.1) is 5.92 Å². The van der Waals surface area contributed by atoms with Crippen molar-refractivity contribution in [3.8, 4) is 0 Å². The first-order valence-corrected chi connectivity index (χ1v) is 7.25. The maximum Gasteiger partial charge on any atom is 0.390 e. The highest BCUT2D eigenvalue weighted by atomic mass is 19.4. The minimum Gasteiger partial charge on any atom is -0.308 e. The highest BCUT2D eigenvalue weighted by molar-refractivity contribution is 5.07. The molecule has 0 aromatic carbocycles. The summed E-state index contributed by atoms with van der Waals surface area (Å²) in [5.74, 6) is 0.641. The molecular weight excluding hydrogens is 253 g/mol. The van der Waals surface area contributed by atoms with Crippen LogP contribution < -0.4 is 5.32 Å². The zero-order valence-electron chi connectivity index (χ0n) is 12.1. The number of hydrogen-bond donors (Lipinski definition) is 1. The van der Waals surface area contributed by atoms with E-state index in [-0.39, 0.29) is 17.6 Å². The van der Waals surface area contributed by atoms with Crippen LogP contribution in [-0.2, 0) is 0 Å². The average molecular weight is 278 g/mol. The first kappa shape index (κ1) is 15.1. The number of alkyl halides is 3. The van der Waals surface area contributed by atoms with Crippen LogP contribution in [-0.4, -0.2) is 41.8 Å². The molecule has 0 aromatic rings. The molecule has 0 amide bonds. The molecule has 1 saturated heterocycles. The van der Waals surface area contributed by atoms with Gasteiger partial charge in [0.15, 0.2) is 0 Å². The van der Waals surface area contributed by atoms with Gasteiger partial charge >= 0.3 is 6.18 Å². The summed E-state index contributed by atoms with van der Waals surface area (Å²) in [7, 11) is 0. The summed E-state index contributed by atoms with van der Waals surface area (Å²) in [6.45, 7) is 7.94. The van der Waals surface area contributed by atoms with Crippen LogP contribution >= 0.6 is 0 Å². The molecule has 2 aliphatic rings. The second-order valence-electron chi connectivity index (χ2n) is 6.68. The van der Waals surface area contributed by atoms with Crippen LogP contribution in [0.15, 0.2) is 0 Å². The Morgan fingerprint density at radius 1 is 1.26 bits per heavy atom. The number of halogens is 3. The van der Waals surface area contributed by atoms with Gasteiger partial charge in [0.1, 0.15) is 0 Å². The molecule has 112 valence electrons. The Balaban J connectivity index is 2.04. The van der Waals surface area contributed by atoms with Crippen LogP contribution in [0.3, 0.4) is 0 Å². The van der Waals surface area contributed by atoms with Crippen molar-refractivity contribution in [1.29, 1.82) is 0 Å². The molecule has 1 saturated carbocycles. The van der Waals surface area contributed by atoms with Gasteiger partial charge in [0.25, 0.3) is 0 Å². The SMILES string of the molecule is CCC1(C)CNC(C)(C2CC2)CN1CCC(F)(F)F. The molecule has 0 spiro atoms. The van der Waals surface area contributed by atoms with Crippen molar-refractivity contribution < 1.29 is 13.2 Å². The summed E-state index contributed by atoms with van der Waals surface area (Å²) in [4.78, 5) is 2.06. The van der Waals surface area contributed by atoms with E-state index in [0.29, 0.717) is 5.92 Å². The summed E-state index contributed by atoms with van der Waals surface area (Å²) in [5, 5.41) is 3.60. The summed E-state index contributed by atoms with van der Waals surface area (Å²) in [5.41, 5.74) is -0.153. The van der Waals surface area contributed by atoms with E-state index in [2.05, 4.69) is 31.0 Å². The molecule has 2 rings (SSSR count). The van der Waals surface area contributed by atoms with E-state index in [1.165, 1.54) is 12.8 Å². The predicted octanol–water partition coefficient (Wildman–Crippen LogP) is 3.18. The van der Waals surface area contributed by atoms with Crippen LogP contribution in [0.25, 0.3) is 0 Å². The number of nitrogens with zero attached hydrogens (tertiary/aromatic N) is 1. The lowest BCUT2D eigenvalue weighted by Gasteiger charge is -2.52. The number of hydrogen-bond acceptors (Lipinski definition) is 2. The first-order chi connectivity index (χ1) is 8.69. The van der Waals surface area contributed by atoms with Gasteiger partial charge in [0, 0.05) is 30.7 Å². The standard InChI is InChI=1S/C14H25F3N2/c1-4-12(2)9-18-13(3,11-5-6-11)10-19(12)8-7-14(15,16)17/h11,18H,4-10H2,1-3H3. The van der Waals surface area contributed by atoms with E-state index in [9.17, 15) is 13.2 Å². The highest BCUT2D eigenvalue weighted by Gasteiger charge is 2.49. The average Bonchev–Trinajstić information content (AvgIpc) is 3.14. The van der Waals surface area contributed by atoms with Gasteiger partial charge in [-0.05, 0) is 39.0 Å². The molecule has 1 N–H and O–H groups in total. The van der Waals surface area contributed by atoms with Gasteiger partial charge in [-0.1, -0.05) is 6.92 Å². The van der Waals surface area contributed by atoms with Gasteiger partial charge < -0.3 is 5.32 Å². The van der Waals surface area contributed by atoms with Crippen molar-refractivity contribution in [2.45, 2.75) is 63.7 Å². The van der Waals surface area contributed by atoms with Crippen molar-refractivity contribution >= 4 is 0 Å². The van der Waals surface area contributed by atoms with Gasteiger partial charge in [0.05, 0.1) is 6.42 Å². The third-order valence-electron chi connectivity index (χ3n) is 5.06. The fourth-order valence-corrected chi connectivity index (χ4v) is 3.10. The van der Waals surface area contributed by atoms with Gasteiger partial charge in [0.2, 0.25) is 0 Å². The van der Waals surface area contributed by atoms with E-state index in [1.807, 2.05) is 0 Å². The first-order valence-electron chi connectivity index (χ1n) is 7.25. The van der Waals surface area contributed by atoms with E-state index >= 15 is 0 Å². The number of rotatable bonds is 4. The molecule has 2 nitrogen and oxygen atoms in total. The molecular formula is C14H25F3N2. The van der Waals surface area contributed by atoms with Crippen molar-refractivity contribution in [2.24, 2.45) is 5.92 Å². The molecule has 0 radical (unpaired) electrons. The Morgan fingerprint density at radius 2 is 1.89 bits per heavy atom. The van der Waals surface area contributed by atoms with Crippen molar-refractivity contribution in [2.75, 3.05) is 19.6 Å². The second kappa shape index (κ2) is 4.92. The second-order valence-corrected chi connectivity index (χ2v) is 6.68. The molecule has 0 bridgehead atoms. The minimum absolute atomic E-state index is 0.000276. The number of nitrogens with one attached hydrogen (secondary N) is 1. The summed E-state index contributed by atoms with van der Waals surface area (Å²) in [6.07, 6.45) is -1.48. The Morgan fingerprint density at radius 3 is 2.37 bits per heavy atom. The van der Waals surface area contributed by atoms with Crippen LogP contribution in [0.1, 0.15) is 46.5 Å². The van der Waals surface area contributed by atoms with Gasteiger partial charge in [-0.2, -0.15) is 13.2 Å². The quantitative estimate of drug-likeness (QED) is 0.849. The molecule has 1 aliphatic heterocycles. The lowest BCUT2D eigenvalue weighted by atomic mass is 9.84. The molecule has 2 atom stereocenters. The fraction of sp³-hybridized carbons (Fsp3) is 1.00. The van der Waals surface area contributed by atoms with E-state index in [4.69, 9.17) is 0 Å². The summed E-state index contributed by atoms with van der Waals surface area (Å²) < 4.78 is 37.5. The smallest absolute Gasteiger partial charge is 0.308 e. The Bertz CT molecular complexity index is 327. The van der Waals surface area contributed by atoms with Crippen LogP contribution in [0.5, 0.6) is 0 Å². The third kappa shape index (κ3) is 3.43. The van der Waals surface area contributed by atoms with E-state index in [1.54, 1.807) is 0 Å². The predicted molar refractivity (Wildman–Crippen MR) is 70.1 cm³/mol. The largest absolute Gasteiger partial charge is 0.390 e. The normalized spacial score (nSPS) is 37.6. The molecule has 5 heteroatoms. The fourth-order valence-electron chi connectivity index (χ4n) is 3.10. The lowest BCUT2D eigenvalue weighted by molar-refractivity contribution is -0.144. The Kier molecular flexibility index (Phi) is 3.91. The van der Waals surface area contributed by atoms with Crippen molar-refractivity contribution in [1.82, 2.24) is 10.2 Å². The monoisotopic (exact) mass is 278 g/mol. The maximum absolute atomic E-state index is 12.5.